The fourth-order valence-electron chi connectivity index (χ4n) is 2.99. The molecular formula is C20H25NOS2+2. The highest BCUT2D eigenvalue weighted by Crippen LogP contribution is 2.45. The van der Waals surface area contributed by atoms with Gasteiger partial charge in [-0.2, -0.15) is 0 Å². The number of rotatable bonds is 4. The molecule has 1 N–H and O–H groups in total. The molecule has 3 rings (SSSR count). The van der Waals surface area contributed by atoms with Crippen LogP contribution in [0.1, 0.15) is 27.7 Å². The van der Waals surface area contributed by atoms with Gasteiger partial charge in [-0.25, -0.2) is 4.99 Å². The molecule has 0 aliphatic carbocycles. The molecule has 126 valence electrons. The first-order valence-electron chi connectivity index (χ1n) is 8.31. The van der Waals surface area contributed by atoms with Crippen molar-refractivity contribution in [3.05, 3.63) is 48.5 Å². The molecule has 0 bridgehead atoms. The first kappa shape index (κ1) is 17.4. The summed E-state index contributed by atoms with van der Waals surface area (Å²) in [5, 5.41) is 0. The van der Waals surface area contributed by atoms with E-state index in [2.05, 4.69) is 67.4 Å². The molecule has 2 nitrogen and oxygen atoms in total. The van der Waals surface area contributed by atoms with Crippen LogP contribution < -0.4 is 4.99 Å². The van der Waals surface area contributed by atoms with Crippen LogP contribution in [0.2, 0.25) is 0 Å². The van der Waals surface area contributed by atoms with Gasteiger partial charge < -0.3 is 4.74 Å². The topological polar surface area (TPSA) is 23.2 Å². The summed E-state index contributed by atoms with van der Waals surface area (Å²) in [6.45, 7) is 9.24. The average molecular weight is 360 g/mol. The maximum Gasteiger partial charge on any atom is 0.331 e. The lowest BCUT2D eigenvalue weighted by molar-refractivity contribution is -0.545. The number of hydrogen-bond acceptors (Lipinski definition) is 2. The van der Waals surface area contributed by atoms with Crippen molar-refractivity contribution >= 4 is 28.6 Å². The third kappa shape index (κ3) is 3.81. The summed E-state index contributed by atoms with van der Waals surface area (Å²) in [6, 6.07) is 17.7. The number of fused-ring (bicyclic) bond motifs is 2. The maximum atomic E-state index is 5.61. The van der Waals surface area contributed by atoms with Gasteiger partial charge in [0.05, 0.1) is 34.2 Å². The van der Waals surface area contributed by atoms with Crippen molar-refractivity contribution in [2.75, 3.05) is 12.4 Å². The Morgan fingerprint density at radius 2 is 1.58 bits per heavy atom. The second-order valence-electron chi connectivity index (χ2n) is 6.53. The van der Waals surface area contributed by atoms with E-state index in [0.717, 1.165) is 11.7 Å². The van der Waals surface area contributed by atoms with Crippen molar-refractivity contribution in [1.82, 2.24) is 0 Å². The van der Waals surface area contributed by atoms with E-state index < -0.39 is 0 Å². The molecule has 0 saturated carbocycles. The van der Waals surface area contributed by atoms with E-state index in [9.17, 15) is 0 Å². The minimum absolute atomic E-state index is 0.0371. The van der Waals surface area contributed by atoms with Crippen LogP contribution in [0.3, 0.4) is 0 Å². The molecule has 24 heavy (non-hydrogen) atoms. The molecule has 0 radical (unpaired) electrons. The molecule has 0 unspecified atom stereocenters. The maximum absolute atomic E-state index is 5.61. The van der Waals surface area contributed by atoms with Crippen molar-refractivity contribution in [1.29, 1.82) is 0 Å². The zero-order valence-corrected chi connectivity index (χ0v) is 16.4. The molecule has 4 heteroatoms. The van der Waals surface area contributed by atoms with E-state index in [1.165, 1.54) is 19.6 Å². The van der Waals surface area contributed by atoms with Crippen molar-refractivity contribution in [2.24, 2.45) is 0 Å². The standard InChI is InChI=1S/C20H24NOS2/c1-5-22-15(2)21-20(3,4)14-24-18-12-8-6-10-16(18)23-17-11-7-9-13-19(17)24/h6-13H,5,14H2,1-4H3/q+1/p+1. The van der Waals surface area contributed by atoms with E-state index in [1.807, 2.05) is 25.6 Å². The molecule has 0 fully saturated rings. The van der Waals surface area contributed by atoms with Crippen molar-refractivity contribution < 1.29 is 9.73 Å². The highest BCUT2D eigenvalue weighted by Gasteiger charge is 2.42. The monoisotopic (exact) mass is 359 g/mol. The lowest BCUT2D eigenvalue weighted by Gasteiger charge is -2.22. The minimum Gasteiger partial charge on any atom is -0.449 e. The summed E-state index contributed by atoms with van der Waals surface area (Å²) in [5.74, 6) is 1.95. The number of benzene rings is 2. The average Bonchev–Trinajstić information content (AvgIpc) is 2.54. The zero-order chi connectivity index (χ0) is 17.2. The molecule has 2 aromatic rings. The van der Waals surface area contributed by atoms with Crippen LogP contribution in [0.5, 0.6) is 0 Å². The number of hydrogen-bond donors (Lipinski definition) is 1. The summed E-state index contributed by atoms with van der Waals surface area (Å²) < 4.78 is 5.61. The molecule has 1 aliphatic heterocycles. The predicted octanol–water partition coefficient (Wildman–Crippen LogP) is 3.50. The first-order valence-corrected chi connectivity index (χ1v) is 10.5. The molecule has 0 saturated heterocycles. The van der Waals surface area contributed by atoms with Gasteiger partial charge >= 0.3 is 5.90 Å². The van der Waals surface area contributed by atoms with Gasteiger partial charge in [-0.15, -0.1) is 0 Å². The van der Waals surface area contributed by atoms with Crippen LogP contribution in [0.15, 0.2) is 68.1 Å². The second kappa shape index (κ2) is 7.24. The summed E-state index contributed by atoms with van der Waals surface area (Å²) >= 11 is 1.89. The first-order chi connectivity index (χ1) is 11.5. The Bertz CT molecular complexity index is 709. The fraction of sp³-hybridized carbons (Fsp3) is 0.350. The van der Waals surface area contributed by atoms with Crippen LogP contribution in [-0.2, 0) is 15.6 Å². The predicted molar refractivity (Wildman–Crippen MR) is 103 cm³/mol. The summed E-state index contributed by atoms with van der Waals surface area (Å²) in [4.78, 5) is 9.27. The van der Waals surface area contributed by atoms with Crippen LogP contribution in [0.4, 0.5) is 0 Å². The Kier molecular flexibility index (Phi) is 5.26. The Morgan fingerprint density at radius 1 is 1.04 bits per heavy atom. The van der Waals surface area contributed by atoms with Gasteiger partial charge in [-0.05, 0) is 31.2 Å². The Morgan fingerprint density at radius 3 is 2.12 bits per heavy atom. The number of nitrogens with one attached hydrogen (secondary N) is 1. The van der Waals surface area contributed by atoms with Crippen molar-refractivity contribution in [2.45, 2.75) is 52.8 Å². The van der Waals surface area contributed by atoms with Gasteiger partial charge in [0.2, 0.25) is 5.54 Å². The van der Waals surface area contributed by atoms with Gasteiger partial charge in [-0.1, -0.05) is 36.0 Å². The van der Waals surface area contributed by atoms with Crippen LogP contribution in [-0.4, -0.2) is 23.8 Å². The lowest BCUT2D eigenvalue weighted by Crippen LogP contribution is -2.87. The summed E-state index contributed by atoms with van der Waals surface area (Å²) in [7, 11) is 0.0634. The van der Waals surface area contributed by atoms with Gasteiger partial charge in [0.25, 0.3) is 0 Å². The summed E-state index contributed by atoms with van der Waals surface area (Å²) in [5.41, 5.74) is -0.0371. The molecule has 1 aliphatic rings. The van der Waals surface area contributed by atoms with E-state index in [0.29, 0.717) is 6.61 Å². The van der Waals surface area contributed by atoms with Crippen molar-refractivity contribution in [3.63, 3.8) is 0 Å². The second-order valence-corrected chi connectivity index (χ2v) is 9.56. The van der Waals surface area contributed by atoms with Crippen LogP contribution in [0, 0.1) is 0 Å². The lowest BCUT2D eigenvalue weighted by atomic mass is 10.1. The fourth-order valence-corrected chi connectivity index (χ4v) is 7.16. The molecule has 1 heterocycles. The third-order valence-corrected chi connectivity index (χ3v) is 8.02. The Labute approximate surface area is 152 Å². The third-order valence-electron chi connectivity index (χ3n) is 3.83. The van der Waals surface area contributed by atoms with E-state index in [4.69, 9.17) is 4.74 Å². The zero-order valence-electron chi connectivity index (χ0n) is 14.8. The van der Waals surface area contributed by atoms with E-state index in [1.54, 1.807) is 0 Å². The molecule has 0 amide bonds. The number of ether oxygens (including phenoxy) is 1. The van der Waals surface area contributed by atoms with E-state index >= 15 is 0 Å². The highest BCUT2D eigenvalue weighted by molar-refractivity contribution is 8.04. The molecule has 0 aromatic heterocycles. The highest BCUT2D eigenvalue weighted by atomic mass is 32.2. The van der Waals surface area contributed by atoms with E-state index in [-0.39, 0.29) is 16.4 Å². The molecule has 2 aromatic carbocycles. The van der Waals surface area contributed by atoms with Gasteiger partial charge in [0.15, 0.2) is 15.5 Å². The molecular weight excluding hydrogens is 334 g/mol. The Hall–Kier alpha value is -1.39. The van der Waals surface area contributed by atoms with Crippen LogP contribution in [0.25, 0.3) is 0 Å². The van der Waals surface area contributed by atoms with Crippen molar-refractivity contribution in [3.8, 4) is 0 Å². The quantitative estimate of drug-likeness (QED) is 0.513. The van der Waals surface area contributed by atoms with Crippen LogP contribution >= 0.6 is 11.8 Å². The molecule has 0 atom stereocenters. The van der Waals surface area contributed by atoms with Gasteiger partial charge in [0, 0.05) is 13.8 Å². The van der Waals surface area contributed by atoms with Gasteiger partial charge in [-0.3, -0.25) is 0 Å². The normalized spacial score (nSPS) is 14.9. The largest absolute Gasteiger partial charge is 0.449 e. The smallest absolute Gasteiger partial charge is 0.331 e. The minimum atomic E-state index is -0.0371. The SMILES string of the molecule is CCOC(C)=[NH+]C(C)(C)C[S+]1c2ccccc2Sc2ccccc21. The summed E-state index contributed by atoms with van der Waals surface area (Å²) in [6.07, 6.45) is 0. The van der Waals surface area contributed by atoms with Gasteiger partial charge in [0.1, 0.15) is 0 Å². The molecule has 0 spiro atoms. The Balaban J connectivity index is 1.97.